The number of methoxy groups -OCH3 is 1. The van der Waals surface area contributed by atoms with Crippen molar-refractivity contribution in [1.82, 2.24) is 10.0 Å². The highest BCUT2D eigenvalue weighted by Crippen LogP contribution is 2.25. The van der Waals surface area contributed by atoms with Gasteiger partial charge in [-0.1, -0.05) is 37.3 Å². The van der Waals surface area contributed by atoms with E-state index in [1.54, 1.807) is 6.07 Å². The van der Waals surface area contributed by atoms with Crippen molar-refractivity contribution in [1.29, 1.82) is 0 Å². The first-order chi connectivity index (χ1) is 12.4. The summed E-state index contributed by atoms with van der Waals surface area (Å²) in [6, 6.07) is 13.6. The Balaban J connectivity index is 2.27. The quantitative estimate of drug-likeness (QED) is 0.742. The van der Waals surface area contributed by atoms with Crippen LogP contribution in [0.15, 0.2) is 53.4 Å². The molecule has 2 N–H and O–H groups in total. The molecule has 0 saturated carbocycles. The Bertz CT molecular complexity index is 851. The Morgan fingerprint density at radius 3 is 2.46 bits per heavy atom. The summed E-state index contributed by atoms with van der Waals surface area (Å²) in [5.74, 6) is -0.132. The maximum absolute atomic E-state index is 12.7. The van der Waals surface area contributed by atoms with E-state index in [1.807, 2.05) is 44.2 Å². The van der Waals surface area contributed by atoms with Crippen LogP contribution in [0.4, 0.5) is 0 Å². The van der Waals surface area contributed by atoms with Gasteiger partial charge in [0.1, 0.15) is 10.6 Å². The monoisotopic (exact) mass is 376 g/mol. The van der Waals surface area contributed by atoms with Crippen molar-refractivity contribution < 1.29 is 17.9 Å². The van der Waals surface area contributed by atoms with Crippen LogP contribution in [0.1, 0.15) is 36.2 Å². The molecule has 1 amide bonds. The van der Waals surface area contributed by atoms with Crippen molar-refractivity contribution in [2.75, 3.05) is 7.11 Å². The molecule has 2 aromatic carbocycles. The standard InChI is InChI=1S/C19H24N2O4S/c1-4-14(2)21-19(22)16-10-11-17(25-3)18(12-16)26(23,24)20-13-15-8-6-5-7-9-15/h5-12,14,20H,4,13H2,1-3H3,(H,21,22)/t14-/m0/s1. The summed E-state index contributed by atoms with van der Waals surface area (Å²) in [5, 5.41) is 2.82. The number of carbonyl (C=O) groups excluding carboxylic acids is 1. The molecule has 0 radical (unpaired) electrons. The van der Waals surface area contributed by atoms with Gasteiger partial charge in [0.15, 0.2) is 0 Å². The molecule has 0 unspecified atom stereocenters. The number of nitrogens with one attached hydrogen (secondary N) is 2. The fourth-order valence-corrected chi connectivity index (χ4v) is 3.50. The molecule has 26 heavy (non-hydrogen) atoms. The Morgan fingerprint density at radius 1 is 1.15 bits per heavy atom. The maximum atomic E-state index is 12.7. The lowest BCUT2D eigenvalue weighted by Crippen LogP contribution is -2.32. The van der Waals surface area contributed by atoms with E-state index >= 15 is 0 Å². The summed E-state index contributed by atoms with van der Waals surface area (Å²) in [7, 11) is -2.45. The highest BCUT2D eigenvalue weighted by Gasteiger charge is 2.22. The number of hydrogen-bond donors (Lipinski definition) is 2. The van der Waals surface area contributed by atoms with E-state index in [1.165, 1.54) is 19.2 Å². The minimum atomic E-state index is -3.85. The van der Waals surface area contributed by atoms with Gasteiger partial charge in [0.2, 0.25) is 10.0 Å². The van der Waals surface area contributed by atoms with E-state index in [0.29, 0.717) is 0 Å². The van der Waals surface area contributed by atoms with Crippen LogP contribution in [0.2, 0.25) is 0 Å². The summed E-state index contributed by atoms with van der Waals surface area (Å²) in [5.41, 5.74) is 1.10. The number of carbonyl (C=O) groups is 1. The van der Waals surface area contributed by atoms with Gasteiger partial charge in [0.25, 0.3) is 5.91 Å². The molecular formula is C19H24N2O4S. The molecule has 6 nitrogen and oxygen atoms in total. The van der Waals surface area contributed by atoms with Gasteiger partial charge in [0, 0.05) is 18.2 Å². The van der Waals surface area contributed by atoms with Crippen LogP contribution in [0.3, 0.4) is 0 Å². The number of hydrogen-bond acceptors (Lipinski definition) is 4. The number of rotatable bonds is 8. The zero-order valence-electron chi connectivity index (χ0n) is 15.2. The molecule has 0 aliphatic carbocycles. The molecule has 1 atom stereocenters. The first-order valence-electron chi connectivity index (χ1n) is 8.40. The Labute approximate surface area is 154 Å². The predicted molar refractivity (Wildman–Crippen MR) is 101 cm³/mol. The topological polar surface area (TPSA) is 84.5 Å². The second-order valence-corrected chi connectivity index (χ2v) is 7.69. The predicted octanol–water partition coefficient (Wildman–Crippen LogP) is 2.70. The number of benzene rings is 2. The summed E-state index contributed by atoms with van der Waals surface area (Å²) < 4.78 is 33.1. The van der Waals surface area contributed by atoms with Crippen LogP contribution in [0, 0.1) is 0 Å². The molecule has 0 saturated heterocycles. The highest BCUT2D eigenvalue weighted by atomic mass is 32.2. The summed E-state index contributed by atoms with van der Waals surface area (Å²) in [4.78, 5) is 12.2. The molecule has 7 heteroatoms. The zero-order chi connectivity index (χ0) is 19.2. The molecule has 0 bridgehead atoms. The Morgan fingerprint density at radius 2 is 1.85 bits per heavy atom. The number of amides is 1. The molecule has 140 valence electrons. The first-order valence-corrected chi connectivity index (χ1v) is 9.88. The van der Waals surface area contributed by atoms with Gasteiger partial charge in [-0.05, 0) is 37.1 Å². The van der Waals surface area contributed by atoms with Crippen molar-refractivity contribution in [2.24, 2.45) is 0 Å². The molecule has 0 spiro atoms. The lowest BCUT2D eigenvalue weighted by molar-refractivity contribution is 0.0939. The Hall–Kier alpha value is -2.38. The van der Waals surface area contributed by atoms with Gasteiger partial charge in [-0.15, -0.1) is 0 Å². The van der Waals surface area contributed by atoms with Crippen LogP contribution < -0.4 is 14.8 Å². The first kappa shape index (κ1) is 19.9. The van der Waals surface area contributed by atoms with Crippen LogP contribution in [0.25, 0.3) is 0 Å². The van der Waals surface area contributed by atoms with E-state index < -0.39 is 10.0 Å². The summed E-state index contributed by atoms with van der Waals surface area (Å²) >= 11 is 0. The van der Waals surface area contributed by atoms with E-state index in [-0.39, 0.29) is 34.7 Å². The average Bonchev–Trinajstić information content (AvgIpc) is 2.66. The summed E-state index contributed by atoms with van der Waals surface area (Å²) in [6.45, 7) is 4.00. The molecule has 0 aliphatic rings. The van der Waals surface area contributed by atoms with Gasteiger partial charge >= 0.3 is 0 Å². The van der Waals surface area contributed by atoms with Crippen LogP contribution in [0.5, 0.6) is 5.75 Å². The molecule has 0 fully saturated rings. The third kappa shape index (κ3) is 5.06. The fraction of sp³-hybridized carbons (Fsp3) is 0.316. The minimum Gasteiger partial charge on any atom is -0.495 e. The molecule has 0 heterocycles. The lowest BCUT2D eigenvalue weighted by atomic mass is 10.2. The SMILES string of the molecule is CC[C@H](C)NC(=O)c1ccc(OC)c(S(=O)(=O)NCc2ccccc2)c1. The van der Waals surface area contributed by atoms with Gasteiger partial charge in [0.05, 0.1) is 7.11 Å². The van der Waals surface area contributed by atoms with E-state index in [0.717, 1.165) is 12.0 Å². The maximum Gasteiger partial charge on any atom is 0.251 e. The number of ether oxygens (including phenoxy) is 1. The van der Waals surface area contributed by atoms with Gasteiger partial charge in [-0.3, -0.25) is 4.79 Å². The third-order valence-corrected chi connectivity index (χ3v) is 5.44. The Kier molecular flexibility index (Phi) is 6.76. The smallest absolute Gasteiger partial charge is 0.251 e. The molecule has 2 aromatic rings. The third-order valence-electron chi connectivity index (χ3n) is 4.01. The van der Waals surface area contributed by atoms with E-state index in [2.05, 4.69) is 10.0 Å². The fourth-order valence-electron chi connectivity index (χ4n) is 2.29. The van der Waals surface area contributed by atoms with Crippen LogP contribution >= 0.6 is 0 Å². The van der Waals surface area contributed by atoms with Crippen molar-refractivity contribution in [3.63, 3.8) is 0 Å². The van der Waals surface area contributed by atoms with Crippen molar-refractivity contribution in [2.45, 2.75) is 37.8 Å². The van der Waals surface area contributed by atoms with Gasteiger partial charge < -0.3 is 10.1 Å². The normalized spacial score (nSPS) is 12.4. The molecular weight excluding hydrogens is 352 g/mol. The number of sulfonamides is 1. The molecule has 0 aliphatic heterocycles. The summed E-state index contributed by atoms with van der Waals surface area (Å²) in [6.07, 6.45) is 0.783. The van der Waals surface area contributed by atoms with Crippen molar-refractivity contribution in [3.8, 4) is 5.75 Å². The van der Waals surface area contributed by atoms with Crippen molar-refractivity contribution in [3.05, 3.63) is 59.7 Å². The highest BCUT2D eigenvalue weighted by molar-refractivity contribution is 7.89. The second kappa shape index (κ2) is 8.82. The van der Waals surface area contributed by atoms with E-state index in [4.69, 9.17) is 4.74 Å². The second-order valence-electron chi connectivity index (χ2n) is 5.96. The van der Waals surface area contributed by atoms with E-state index in [9.17, 15) is 13.2 Å². The van der Waals surface area contributed by atoms with Gasteiger partial charge in [-0.2, -0.15) is 0 Å². The molecule has 0 aromatic heterocycles. The van der Waals surface area contributed by atoms with Gasteiger partial charge in [-0.25, -0.2) is 13.1 Å². The largest absolute Gasteiger partial charge is 0.495 e. The van der Waals surface area contributed by atoms with Crippen LogP contribution in [-0.2, 0) is 16.6 Å². The average molecular weight is 376 g/mol. The molecule has 2 rings (SSSR count). The lowest BCUT2D eigenvalue weighted by Gasteiger charge is -2.14. The van der Waals surface area contributed by atoms with Crippen LogP contribution in [-0.4, -0.2) is 27.5 Å². The van der Waals surface area contributed by atoms with Crippen molar-refractivity contribution >= 4 is 15.9 Å². The minimum absolute atomic E-state index is 0.000800. The zero-order valence-corrected chi connectivity index (χ0v) is 16.0.